The summed E-state index contributed by atoms with van der Waals surface area (Å²) in [7, 11) is 0. The predicted octanol–water partition coefficient (Wildman–Crippen LogP) is 2.85. The van der Waals surface area contributed by atoms with Crippen LogP contribution < -0.4 is 16.1 Å². The quantitative estimate of drug-likeness (QED) is 0.556. The topological polar surface area (TPSA) is 47.2 Å². The number of hydrogen-bond acceptors (Lipinski definition) is 3. The average Bonchev–Trinajstić information content (AvgIpc) is 2.74. The van der Waals surface area contributed by atoms with Crippen molar-refractivity contribution < 1.29 is 8.78 Å². The lowest BCUT2D eigenvalue weighted by molar-refractivity contribution is 0.455. The van der Waals surface area contributed by atoms with E-state index in [9.17, 15) is 18.4 Å². The van der Waals surface area contributed by atoms with Gasteiger partial charge in [0.05, 0.1) is 13.1 Å². The van der Waals surface area contributed by atoms with Gasteiger partial charge in [-0.25, -0.2) is 13.6 Å². The first-order valence-electron chi connectivity index (χ1n) is 9.43. The predicted molar refractivity (Wildman–Crippen MR) is 110 cm³/mol. The van der Waals surface area contributed by atoms with Gasteiger partial charge in [-0.15, -0.1) is 0 Å². The van der Waals surface area contributed by atoms with Crippen molar-refractivity contribution in [1.29, 1.82) is 0 Å². The van der Waals surface area contributed by atoms with Gasteiger partial charge in [-0.3, -0.25) is 13.9 Å². The van der Waals surface area contributed by atoms with E-state index >= 15 is 0 Å². The molecule has 0 aliphatic rings. The van der Waals surface area contributed by atoms with E-state index in [0.717, 1.165) is 15.7 Å². The molecule has 3 aromatic rings. The summed E-state index contributed by atoms with van der Waals surface area (Å²) in [5.74, 6) is 0. The Kier molecular flexibility index (Phi) is 6.94. The largest absolute Gasteiger partial charge is 0.361 e. The highest BCUT2D eigenvalue weighted by molar-refractivity contribution is 5.42. The maximum Gasteiger partial charge on any atom is 0.331 e. The second-order valence-corrected chi connectivity index (χ2v) is 6.65. The molecule has 7 heteroatoms. The minimum absolute atomic E-state index is 0.0836. The van der Waals surface area contributed by atoms with Gasteiger partial charge in [0, 0.05) is 19.3 Å². The molecule has 0 saturated heterocycles. The molecule has 152 valence electrons. The van der Waals surface area contributed by atoms with Gasteiger partial charge < -0.3 is 4.90 Å². The highest BCUT2D eigenvalue weighted by atomic mass is 19.1. The molecule has 0 radical (unpaired) electrons. The van der Waals surface area contributed by atoms with Crippen LogP contribution >= 0.6 is 0 Å². The number of nitrogens with zero attached hydrogens (tertiary/aromatic N) is 3. The Morgan fingerprint density at radius 1 is 0.759 bits per heavy atom. The Hall–Kier alpha value is -3.22. The van der Waals surface area contributed by atoms with Crippen molar-refractivity contribution in [2.45, 2.75) is 13.1 Å². The molecule has 0 saturated carbocycles. The normalized spacial score (nSPS) is 10.8. The van der Waals surface area contributed by atoms with Gasteiger partial charge in [-0.2, -0.15) is 0 Å². The highest BCUT2D eigenvalue weighted by Crippen LogP contribution is 2.10. The van der Waals surface area contributed by atoms with E-state index in [1.54, 1.807) is 0 Å². The first-order chi connectivity index (χ1) is 14.1. The van der Waals surface area contributed by atoms with Crippen LogP contribution in [0.5, 0.6) is 0 Å². The van der Waals surface area contributed by atoms with Gasteiger partial charge in [-0.1, -0.05) is 60.7 Å². The zero-order valence-electron chi connectivity index (χ0n) is 16.0. The minimum Gasteiger partial charge on any atom is -0.361 e. The summed E-state index contributed by atoms with van der Waals surface area (Å²) < 4.78 is 28.6. The number of benzene rings is 2. The summed E-state index contributed by atoms with van der Waals surface area (Å²) >= 11 is 0. The smallest absolute Gasteiger partial charge is 0.331 e. The fraction of sp³-hybridized carbons (Fsp3) is 0.273. The maximum absolute atomic E-state index is 13.1. The Morgan fingerprint density at radius 3 is 1.79 bits per heavy atom. The van der Waals surface area contributed by atoms with E-state index in [4.69, 9.17) is 0 Å². The van der Waals surface area contributed by atoms with Gasteiger partial charge in [-0.05, 0) is 11.1 Å². The number of aromatic nitrogens is 2. The Bertz CT molecular complexity index is 1030. The molecule has 0 N–H and O–H groups in total. The number of rotatable bonds is 9. The van der Waals surface area contributed by atoms with Crippen molar-refractivity contribution in [3.05, 3.63) is 98.8 Å². The van der Waals surface area contributed by atoms with E-state index in [1.807, 2.05) is 60.7 Å². The van der Waals surface area contributed by atoms with E-state index < -0.39 is 24.6 Å². The zero-order valence-corrected chi connectivity index (χ0v) is 16.0. The molecule has 0 atom stereocenters. The molecule has 5 nitrogen and oxygen atoms in total. The SMILES string of the molecule is O=c1c(N(CCF)CCF)cn(Cc2ccccc2)c(=O)n1Cc1ccccc1. The van der Waals surface area contributed by atoms with E-state index in [-0.39, 0.29) is 31.9 Å². The molecular weight excluding hydrogens is 376 g/mol. The van der Waals surface area contributed by atoms with Crippen LogP contribution in [0.3, 0.4) is 0 Å². The third kappa shape index (κ3) is 4.99. The average molecular weight is 399 g/mol. The summed E-state index contributed by atoms with van der Waals surface area (Å²) in [6, 6.07) is 18.5. The van der Waals surface area contributed by atoms with Gasteiger partial charge in [0.2, 0.25) is 0 Å². The first kappa shape index (κ1) is 20.5. The fourth-order valence-electron chi connectivity index (χ4n) is 3.21. The van der Waals surface area contributed by atoms with Crippen molar-refractivity contribution >= 4 is 5.69 Å². The maximum atomic E-state index is 13.1. The fourth-order valence-corrected chi connectivity index (χ4v) is 3.21. The molecule has 29 heavy (non-hydrogen) atoms. The van der Waals surface area contributed by atoms with Crippen molar-refractivity contribution in [3.8, 4) is 0 Å². The van der Waals surface area contributed by atoms with Gasteiger partial charge in [0.15, 0.2) is 0 Å². The summed E-state index contributed by atoms with van der Waals surface area (Å²) in [4.78, 5) is 27.5. The minimum atomic E-state index is -0.726. The van der Waals surface area contributed by atoms with Gasteiger partial charge in [0.25, 0.3) is 5.56 Å². The van der Waals surface area contributed by atoms with Gasteiger partial charge >= 0.3 is 5.69 Å². The van der Waals surface area contributed by atoms with Crippen molar-refractivity contribution in [3.63, 3.8) is 0 Å². The second-order valence-electron chi connectivity index (χ2n) is 6.65. The van der Waals surface area contributed by atoms with Crippen LogP contribution in [0, 0.1) is 0 Å². The highest BCUT2D eigenvalue weighted by Gasteiger charge is 2.17. The van der Waals surface area contributed by atoms with Crippen molar-refractivity contribution in [1.82, 2.24) is 9.13 Å². The summed E-state index contributed by atoms with van der Waals surface area (Å²) in [6.45, 7) is -1.35. The monoisotopic (exact) mass is 399 g/mol. The van der Waals surface area contributed by atoms with Crippen LogP contribution in [0.25, 0.3) is 0 Å². The second kappa shape index (κ2) is 9.82. The summed E-state index contributed by atoms with van der Waals surface area (Å²) in [5.41, 5.74) is 0.773. The molecule has 0 aliphatic heterocycles. The van der Waals surface area contributed by atoms with Gasteiger partial charge in [0.1, 0.15) is 19.0 Å². The van der Waals surface area contributed by atoms with Crippen LogP contribution in [0.4, 0.5) is 14.5 Å². The van der Waals surface area contributed by atoms with Crippen molar-refractivity contribution in [2.75, 3.05) is 31.3 Å². The molecule has 1 heterocycles. The lowest BCUT2D eigenvalue weighted by Gasteiger charge is -2.23. The summed E-state index contributed by atoms with van der Waals surface area (Å²) in [5, 5.41) is 0. The molecule has 0 bridgehead atoms. The van der Waals surface area contributed by atoms with Crippen molar-refractivity contribution in [2.24, 2.45) is 0 Å². The Balaban J connectivity index is 2.12. The molecule has 0 amide bonds. The number of anilines is 1. The van der Waals surface area contributed by atoms with E-state index in [0.29, 0.717) is 0 Å². The van der Waals surface area contributed by atoms with Crippen LogP contribution in [-0.2, 0) is 13.1 Å². The Morgan fingerprint density at radius 2 is 1.28 bits per heavy atom. The molecule has 3 rings (SSSR count). The Labute approximate surface area is 167 Å². The number of hydrogen-bond donors (Lipinski definition) is 0. The van der Waals surface area contributed by atoms with E-state index in [2.05, 4.69) is 0 Å². The lowest BCUT2D eigenvalue weighted by atomic mass is 10.2. The lowest BCUT2D eigenvalue weighted by Crippen LogP contribution is -2.44. The zero-order chi connectivity index (χ0) is 20.6. The first-order valence-corrected chi connectivity index (χ1v) is 9.43. The molecule has 0 aliphatic carbocycles. The molecule has 0 unspecified atom stereocenters. The molecular formula is C22H23F2N3O2. The standard InChI is InChI=1S/C22H23F2N3O2/c23-11-13-25(14-12-24)20-17-26(15-18-7-3-1-4-8-18)22(29)27(21(20)28)16-19-9-5-2-6-10-19/h1-10,17H,11-16H2. The summed E-state index contributed by atoms with van der Waals surface area (Å²) in [6.07, 6.45) is 1.41. The molecule has 2 aromatic carbocycles. The molecule has 0 spiro atoms. The number of alkyl halides is 2. The molecule has 0 fully saturated rings. The van der Waals surface area contributed by atoms with Crippen LogP contribution in [-0.4, -0.2) is 35.6 Å². The van der Waals surface area contributed by atoms with Crippen LogP contribution in [0.15, 0.2) is 76.4 Å². The van der Waals surface area contributed by atoms with E-state index in [1.165, 1.54) is 15.7 Å². The third-order valence-corrected chi connectivity index (χ3v) is 4.65. The van der Waals surface area contributed by atoms with Crippen LogP contribution in [0.1, 0.15) is 11.1 Å². The van der Waals surface area contributed by atoms with Crippen LogP contribution in [0.2, 0.25) is 0 Å². The third-order valence-electron chi connectivity index (χ3n) is 4.65. The number of halogens is 2. The molecule has 1 aromatic heterocycles.